The van der Waals surface area contributed by atoms with Gasteiger partial charge in [0.25, 0.3) is 0 Å². The number of hydrogen-bond donors (Lipinski definition) is 2. The van der Waals surface area contributed by atoms with Gasteiger partial charge in [-0.15, -0.1) is 0 Å². The lowest BCUT2D eigenvalue weighted by molar-refractivity contribution is 0.174. The van der Waals surface area contributed by atoms with Crippen LogP contribution in [0.3, 0.4) is 0 Å². The Morgan fingerprint density at radius 3 is 2.82 bits per heavy atom. The molecule has 0 radical (unpaired) electrons. The van der Waals surface area contributed by atoms with Crippen molar-refractivity contribution in [3.05, 3.63) is 47.0 Å². The van der Waals surface area contributed by atoms with E-state index in [9.17, 15) is 5.11 Å². The van der Waals surface area contributed by atoms with Crippen molar-refractivity contribution in [2.75, 3.05) is 20.4 Å². The van der Waals surface area contributed by atoms with Crippen LogP contribution in [0.15, 0.2) is 30.3 Å². The number of nitrogens with one attached hydrogen (secondary N) is 1. The predicted molar refractivity (Wildman–Crippen MR) is 80.8 cm³/mol. The minimum atomic E-state index is 0.154. The number of aromatic hydroxyl groups is 1. The molecule has 0 amide bonds. The zero-order valence-electron chi connectivity index (χ0n) is 12.3. The summed E-state index contributed by atoms with van der Waals surface area (Å²) < 4.78 is 16.2. The summed E-state index contributed by atoms with van der Waals surface area (Å²) in [5.41, 5.74) is 3.55. The fraction of sp³-hybridized carbons (Fsp3) is 0.294. The van der Waals surface area contributed by atoms with Crippen LogP contribution in [0, 0.1) is 0 Å². The number of phenols is 1. The maximum Gasteiger partial charge on any atom is 0.231 e. The van der Waals surface area contributed by atoms with Crippen molar-refractivity contribution in [1.29, 1.82) is 0 Å². The van der Waals surface area contributed by atoms with Gasteiger partial charge in [0.15, 0.2) is 23.0 Å². The van der Waals surface area contributed by atoms with E-state index in [0.717, 1.165) is 30.2 Å². The first-order chi connectivity index (χ1) is 10.8. The van der Waals surface area contributed by atoms with Crippen LogP contribution < -0.4 is 19.5 Å². The van der Waals surface area contributed by atoms with Gasteiger partial charge in [0.05, 0.1) is 7.11 Å². The van der Waals surface area contributed by atoms with Gasteiger partial charge in [-0.05, 0) is 41.0 Å². The Labute approximate surface area is 128 Å². The topological polar surface area (TPSA) is 60.0 Å². The van der Waals surface area contributed by atoms with Gasteiger partial charge in [-0.2, -0.15) is 0 Å². The van der Waals surface area contributed by atoms with E-state index in [1.165, 1.54) is 11.1 Å². The van der Waals surface area contributed by atoms with Crippen LogP contribution in [-0.2, 0) is 6.54 Å². The molecule has 0 aliphatic carbocycles. The normalized spacial score (nSPS) is 18.9. The molecule has 0 fully saturated rings. The van der Waals surface area contributed by atoms with Gasteiger partial charge in [-0.3, -0.25) is 0 Å². The molecule has 2 aromatic rings. The van der Waals surface area contributed by atoms with E-state index < -0.39 is 0 Å². The highest BCUT2D eigenvalue weighted by Crippen LogP contribution is 2.41. The number of fused-ring (bicyclic) bond motifs is 2. The summed E-state index contributed by atoms with van der Waals surface area (Å²) in [6, 6.07) is 9.62. The molecule has 2 N–H and O–H groups in total. The van der Waals surface area contributed by atoms with Crippen molar-refractivity contribution in [2.45, 2.75) is 12.5 Å². The van der Waals surface area contributed by atoms with Gasteiger partial charge >= 0.3 is 0 Å². The zero-order valence-corrected chi connectivity index (χ0v) is 12.3. The number of hydrogen-bond acceptors (Lipinski definition) is 5. The molecule has 2 aliphatic heterocycles. The number of phenolic OH excluding ortho intramolecular Hbond substituents is 1. The Balaban J connectivity index is 1.79. The number of ether oxygens (including phenoxy) is 3. The molecule has 4 rings (SSSR count). The van der Waals surface area contributed by atoms with Gasteiger partial charge in [-0.25, -0.2) is 0 Å². The largest absolute Gasteiger partial charge is 0.504 e. The molecular weight excluding hydrogens is 282 g/mol. The molecule has 0 saturated carbocycles. The summed E-state index contributed by atoms with van der Waals surface area (Å²) in [6.07, 6.45) is 0. The van der Waals surface area contributed by atoms with Gasteiger partial charge < -0.3 is 24.6 Å². The molecule has 0 aromatic heterocycles. The van der Waals surface area contributed by atoms with Crippen molar-refractivity contribution < 1.29 is 19.3 Å². The van der Waals surface area contributed by atoms with Crippen LogP contribution in [0.2, 0.25) is 0 Å². The second kappa shape index (κ2) is 5.10. The van der Waals surface area contributed by atoms with Gasteiger partial charge in [0.1, 0.15) is 0 Å². The smallest absolute Gasteiger partial charge is 0.231 e. The lowest BCUT2D eigenvalue weighted by atomic mass is 9.85. The summed E-state index contributed by atoms with van der Waals surface area (Å²) in [4.78, 5) is 0. The molecule has 0 spiro atoms. The van der Waals surface area contributed by atoms with E-state index in [2.05, 4.69) is 17.4 Å². The van der Waals surface area contributed by atoms with Gasteiger partial charge in [0.2, 0.25) is 6.79 Å². The minimum Gasteiger partial charge on any atom is -0.504 e. The first-order valence-corrected chi connectivity index (χ1v) is 7.26. The van der Waals surface area contributed by atoms with E-state index >= 15 is 0 Å². The molecule has 1 unspecified atom stereocenters. The van der Waals surface area contributed by atoms with Crippen LogP contribution in [0.4, 0.5) is 0 Å². The maximum absolute atomic E-state index is 9.78. The molecule has 1 atom stereocenters. The molecule has 0 saturated heterocycles. The first kappa shape index (κ1) is 13.3. The summed E-state index contributed by atoms with van der Waals surface area (Å²) in [5.74, 6) is 2.44. The Bertz CT molecular complexity index is 729. The molecule has 5 heteroatoms. The maximum atomic E-state index is 9.78. The second-order valence-electron chi connectivity index (χ2n) is 5.52. The van der Waals surface area contributed by atoms with Crippen LogP contribution in [0.1, 0.15) is 22.6 Å². The predicted octanol–water partition coefficient (Wildman–Crippen LogP) is 2.36. The summed E-state index contributed by atoms with van der Waals surface area (Å²) in [5, 5.41) is 13.2. The Morgan fingerprint density at radius 2 is 2.00 bits per heavy atom. The molecule has 2 aromatic carbocycles. The molecular formula is C17H17NO4. The molecule has 2 aliphatic rings. The van der Waals surface area contributed by atoms with Gasteiger partial charge in [0, 0.05) is 19.0 Å². The SMILES string of the molecule is COc1cc(C2CNCc3cc4c(cc32)OCO4)ccc1O. The van der Waals surface area contributed by atoms with Crippen molar-refractivity contribution >= 4 is 0 Å². The number of rotatable bonds is 2. The van der Waals surface area contributed by atoms with Crippen molar-refractivity contribution in [3.63, 3.8) is 0 Å². The van der Waals surface area contributed by atoms with E-state index in [-0.39, 0.29) is 18.5 Å². The molecule has 5 nitrogen and oxygen atoms in total. The van der Waals surface area contributed by atoms with Crippen LogP contribution in [0.5, 0.6) is 23.0 Å². The molecule has 114 valence electrons. The summed E-state index contributed by atoms with van der Waals surface area (Å²) >= 11 is 0. The Hall–Kier alpha value is -2.40. The monoisotopic (exact) mass is 299 g/mol. The third-order valence-corrected chi connectivity index (χ3v) is 4.28. The Kier molecular flexibility index (Phi) is 3.08. The highest BCUT2D eigenvalue weighted by Gasteiger charge is 2.26. The lowest BCUT2D eigenvalue weighted by Crippen LogP contribution is -2.28. The number of benzene rings is 2. The zero-order chi connectivity index (χ0) is 15.1. The van der Waals surface area contributed by atoms with E-state index in [1.54, 1.807) is 13.2 Å². The van der Waals surface area contributed by atoms with Crippen molar-refractivity contribution in [3.8, 4) is 23.0 Å². The van der Waals surface area contributed by atoms with Crippen LogP contribution in [0.25, 0.3) is 0 Å². The average Bonchev–Trinajstić information content (AvgIpc) is 3.00. The van der Waals surface area contributed by atoms with E-state index in [4.69, 9.17) is 14.2 Å². The van der Waals surface area contributed by atoms with Crippen molar-refractivity contribution in [2.24, 2.45) is 0 Å². The minimum absolute atomic E-state index is 0.154. The van der Waals surface area contributed by atoms with Gasteiger partial charge in [-0.1, -0.05) is 6.07 Å². The third-order valence-electron chi connectivity index (χ3n) is 4.28. The second-order valence-corrected chi connectivity index (χ2v) is 5.52. The third kappa shape index (κ3) is 2.05. The number of methoxy groups -OCH3 is 1. The molecule has 2 heterocycles. The quantitative estimate of drug-likeness (QED) is 0.891. The van der Waals surface area contributed by atoms with Crippen molar-refractivity contribution in [1.82, 2.24) is 5.32 Å². The van der Waals surface area contributed by atoms with E-state index in [0.29, 0.717) is 5.75 Å². The highest BCUT2D eigenvalue weighted by atomic mass is 16.7. The average molecular weight is 299 g/mol. The summed E-state index contributed by atoms with van der Waals surface area (Å²) in [7, 11) is 1.56. The van der Waals surface area contributed by atoms with Crippen LogP contribution in [-0.4, -0.2) is 25.6 Å². The highest BCUT2D eigenvalue weighted by molar-refractivity contribution is 5.54. The Morgan fingerprint density at radius 1 is 1.18 bits per heavy atom. The van der Waals surface area contributed by atoms with E-state index in [1.807, 2.05) is 12.1 Å². The lowest BCUT2D eigenvalue weighted by Gasteiger charge is -2.27. The standard InChI is InChI=1S/C17H17NO4/c1-20-15-4-10(2-3-14(15)19)13-8-18-7-11-5-16-17(6-12(11)13)22-9-21-16/h2-6,13,18-19H,7-9H2,1H3. The fourth-order valence-electron chi connectivity index (χ4n) is 3.15. The molecule has 0 bridgehead atoms. The summed E-state index contributed by atoms with van der Waals surface area (Å²) in [6.45, 7) is 1.93. The first-order valence-electron chi connectivity index (χ1n) is 7.26. The fourth-order valence-corrected chi connectivity index (χ4v) is 3.15. The molecule has 22 heavy (non-hydrogen) atoms. The van der Waals surface area contributed by atoms with Crippen LogP contribution >= 0.6 is 0 Å².